The van der Waals surface area contributed by atoms with Crippen molar-refractivity contribution < 1.29 is 4.79 Å². The molecule has 1 aromatic heterocycles. The molecule has 0 aliphatic heterocycles. The standard InChI is InChI=1S/C25H26ClN5O/c1-5-30(6-2)19-9-11-20(12-10-19)31-28-23-13-17(4)22(15-24(23)29-31)27-25(32)18-8-7-16(3)21(26)14-18/h7-15H,5-6H2,1-4H3,(H,27,32). The molecular formula is C25H26ClN5O. The molecule has 7 heteroatoms. The second kappa shape index (κ2) is 9.01. The number of nitrogens with one attached hydrogen (secondary N) is 1. The van der Waals surface area contributed by atoms with Gasteiger partial charge in [0.2, 0.25) is 0 Å². The second-order valence-electron chi connectivity index (χ2n) is 7.75. The molecule has 32 heavy (non-hydrogen) atoms. The van der Waals surface area contributed by atoms with E-state index in [1.165, 1.54) is 5.69 Å². The summed E-state index contributed by atoms with van der Waals surface area (Å²) in [6.45, 7) is 10.1. The van der Waals surface area contributed by atoms with Crippen LogP contribution in [0.15, 0.2) is 54.6 Å². The zero-order valence-electron chi connectivity index (χ0n) is 18.7. The highest BCUT2D eigenvalue weighted by atomic mass is 35.5. The number of amides is 1. The van der Waals surface area contributed by atoms with Gasteiger partial charge < -0.3 is 10.2 Å². The van der Waals surface area contributed by atoms with Gasteiger partial charge in [0.15, 0.2) is 0 Å². The number of aromatic nitrogens is 3. The summed E-state index contributed by atoms with van der Waals surface area (Å²) in [7, 11) is 0. The minimum Gasteiger partial charge on any atom is -0.372 e. The van der Waals surface area contributed by atoms with E-state index in [0.717, 1.165) is 35.4 Å². The monoisotopic (exact) mass is 447 g/mol. The molecule has 1 amide bonds. The molecule has 0 spiro atoms. The lowest BCUT2D eigenvalue weighted by Crippen LogP contribution is -2.21. The van der Waals surface area contributed by atoms with E-state index in [1.54, 1.807) is 16.9 Å². The third kappa shape index (κ3) is 4.32. The van der Waals surface area contributed by atoms with Gasteiger partial charge >= 0.3 is 0 Å². The Morgan fingerprint density at radius 3 is 2.22 bits per heavy atom. The van der Waals surface area contributed by atoms with Crippen LogP contribution in [0.1, 0.15) is 35.3 Å². The number of halogens is 1. The first-order chi connectivity index (χ1) is 15.4. The van der Waals surface area contributed by atoms with E-state index >= 15 is 0 Å². The molecule has 1 N–H and O–H groups in total. The molecular weight excluding hydrogens is 422 g/mol. The molecule has 3 aromatic carbocycles. The summed E-state index contributed by atoms with van der Waals surface area (Å²) >= 11 is 6.17. The molecule has 0 saturated carbocycles. The zero-order chi connectivity index (χ0) is 22.8. The lowest BCUT2D eigenvalue weighted by Gasteiger charge is -2.20. The first-order valence-corrected chi connectivity index (χ1v) is 11.1. The largest absolute Gasteiger partial charge is 0.372 e. The maximum atomic E-state index is 12.7. The number of hydrogen-bond acceptors (Lipinski definition) is 4. The summed E-state index contributed by atoms with van der Waals surface area (Å²) in [5.74, 6) is -0.214. The van der Waals surface area contributed by atoms with Crippen molar-refractivity contribution >= 4 is 39.9 Å². The Kier molecular flexibility index (Phi) is 6.15. The van der Waals surface area contributed by atoms with Gasteiger partial charge in [-0.15, -0.1) is 10.2 Å². The Morgan fingerprint density at radius 1 is 0.938 bits per heavy atom. The van der Waals surface area contributed by atoms with Crippen molar-refractivity contribution in [3.05, 3.63) is 76.3 Å². The molecule has 164 valence electrons. The molecule has 0 radical (unpaired) electrons. The highest BCUT2D eigenvalue weighted by Crippen LogP contribution is 2.24. The van der Waals surface area contributed by atoms with Crippen LogP contribution in [-0.4, -0.2) is 34.0 Å². The molecule has 0 unspecified atom stereocenters. The van der Waals surface area contributed by atoms with Crippen LogP contribution in [-0.2, 0) is 0 Å². The fraction of sp³-hybridized carbons (Fsp3) is 0.240. The summed E-state index contributed by atoms with van der Waals surface area (Å²) in [6, 6.07) is 17.3. The number of benzene rings is 3. The summed E-state index contributed by atoms with van der Waals surface area (Å²) in [5.41, 5.74) is 6.59. The average Bonchev–Trinajstić information content (AvgIpc) is 3.19. The van der Waals surface area contributed by atoms with Gasteiger partial charge in [0.25, 0.3) is 5.91 Å². The lowest BCUT2D eigenvalue weighted by molar-refractivity contribution is 0.102. The maximum absolute atomic E-state index is 12.7. The van der Waals surface area contributed by atoms with Crippen molar-refractivity contribution in [1.82, 2.24) is 15.0 Å². The van der Waals surface area contributed by atoms with E-state index in [9.17, 15) is 4.79 Å². The molecule has 6 nitrogen and oxygen atoms in total. The molecule has 4 rings (SSSR count). The third-order valence-corrected chi connectivity index (χ3v) is 6.03. The summed E-state index contributed by atoms with van der Waals surface area (Å²) in [6.07, 6.45) is 0. The predicted octanol–water partition coefficient (Wildman–Crippen LogP) is 5.79. The average molecular weight is 448 g/mol. The minimum atomic E-state index is -0.214. The summed E-state index contributed by atoms with van der Waals surface area (Å²) in [5, 5.41) is 12.8. The third-order valence-electron chi connectivity index (χ3n) is 5.62. The van der Waals surface area contributed by atoms with Gasteiger partial charge in [0.05, 0.1) is 5.69 Å². The van der Waals surface area contributed by atoms with Crippen molar-refractivity contribution in [2.75, 3.05) is 23.3 Å². The Labute approximate surface area is 192 Å². The van der Waals surface area contributed by atoms with E-state index in [2.05, 4.69) is 46.4 Å². The maximum Gasteiger partial charge on any atom is 0.255 e. The van der Waals surface area contributed by atoms with Gasteiger partial charge in [-0.05, 0) is 87.4 Å². The van der Waals surface area contributed by atoms with Crippen LogP contribution in [0.4, 0.5) is 11.4 Å². The van der Waals surface area contributed by atoms with Crippen LogP contribution >= 0.6 is 11.6 Å². The fourth-order valence-corrected chi connectivity index (χ4v) is 3.81. The van der Waals surface area contributed by atoms with Crippen molar-refractivity contribution in [2.45, 2.75) is 27.7 Å². The second-order valence-corrected chi connectivity index (χ2v) is 8.16. The number of carbonyl (C=O) groups is 1. The van der Waals surface area contributed by atoms with Crippen LogP contribution in [0.2, 0.25) is 5.02 Å². The quantitative estimate of drug-likeness (QED) is 0.406. The SMILES string of the molecule is CCN(CC)c1ccc(-n2nc3cc(C)c(NC(=O)c4ccc(C)c(Cl)c4)cc3n2)cc1. The molecule has 0 atom stereocenters. The molecule has 0 aliphatic carbocycles. The number of fused-ring (bicyclic) bond motifs is 1. The van der Waals surface area contributed by atoms with Gasteiger partial charge in [-0.25, -0.2) is 0 Å². The Morgan fingerprint density at radius 2 is 1.59 bits per heavy atom. The van der Waals surface area contributed by atoms with Crippen molar-refractivity contribution in [1.29, 1.82) is 0 Å². The smallest absolute Gasteiger partial charge is 0.255 e. The number of hydrogen-bond donors (Lipinski definition) is 1. The normalized spacial score (nSPS) is 11.0. The molecule has 0 saturated heterocycles. The van der Waals surface area contributed by atoms with E-state index in [-0.39, 0.29) is 5.91 Å². The molecule has 0 bridgehead atoms. The van der Waals surface area contributed by atoms with Crippen LogP contribution in [0.25, 0.3) is 16.7 Å². The number of rotatable bonds is 6. The van der Waals surface area contributed by atoms with Crippen molar-refractivity contribution in [3.8, 4) is 5.69 Å². The van der Waals surface area contributed by atoms with Crippen molar-refractivity contribution in [3.63, 3.8) is 0 Å². The van der Waals surface area contributed by atoms with Crippen LogP contribution in [0, 0.1) is 13.8 Å². The topological polar surface area (TPSA) is 63.1 Å². The Hall–Kier alpha value is -3.38. The number of carbonyl (C=O) groups excluding carboxylic acids is 1. The van der Waals surface area contributed by atoms with Gasteiger partial charge in [-0.3, -0.25) is 4.79 Å². The fourth-order valence-electron chi connectivity index (χ4n) is 3.63. The van der Waals surface area contributed by atoms with E-state index < -0.39 is 0 Å². The van der Waals surface area contributed by atoms with Gasteiger partial charge in [-0.2, -0.15) is 4.80 Å². The Bertz CT molecular complexity index is 1280. The molecule has 0 fully saturated rings. The summed E-state index contributed by atoms with van der Waals surface area (Å²) < 4.78 is 0. The van der Waals surface area contributed by atoms with Gasteiger partial charge in [0, 0.05) is 35.1 Å². The first-order valence-electron chi connectivity index (χ1n) is 10.7. The molecule has 4 aromatic rings. The van der Waals surface area contributed by atoms with Crippen LogP contribution in [0.5, 0.6) is 0 Å². The van der Waals surface area contributed by atoms with Gasteiger partial charge in [0.1, 0.15) is 11.0 Å². The zero-order valence-corrected chi connectivity index (χ0v) is 19.4. The number of nitrogens with zero attached hydrogens (tertiary/aromatic N) is 4. The minimum absolute atomic E-state index is 0.214. The first kappa shape index (κ1) is 21.8. The predicted molar refractivity (Wildman–Crippen MR) is 131 cm³/mol. The van der Waals surface area contributed by atoms with E-state index in [1.807, 2.05) is 44.2 Å². The highest BCUT2D eigenvalue weighted by molar-refractivity contribution is 6.31. The van der Waals surface area contributed by atoms with Crippen LogP contribution in [0.3, 0.4) is 0 Å². The van der Waals surface area contributed by atoms with Crippen molar-refractivity contribution in [2.24, 2.45) is 0 Å². The highest BCUT2D eigenvalue weighted by Gasteiger charge is 2.13. The lowest BCUT2D eigenvalue weighted by atomic mass is 10.1. The van der Waals surface area contributed by atoms with E-state index in [0.29, 0.717) is 21.8 Å². The number of anilines is 2. The summed E-state index contributed by atoms with van der Waals surface area (Å²) in [4.78, 5) is 16.6. The van der Waals surface area contributed by atoms with E-state index in [4.69, 9.17) is 11.6 Å². The molecule has 0 aliphatic rings. The molecule has 1 heterocycles. The van der Waals surface area contributed by atoms with Gasteiger partial charge in [-0.1, -0.05) is 17.7 Å². The van der Waals surface area contributed by atoms with Crippen LogP contribution < -0.4 is 10.2 Å². The Balaban J connectivity index is 1.60. The number of aryl methyl sites for hydroxylation is 2.